The molecule has 4 rings (SSSR count). The monoisotopic (exact) mass is 477 g/mol. The lowest BCUT2D eigenvalue weighted by molar-refractivity contribution is 0.0529. The molecule has 0 aliphatic heterocycles. The lowest BCUT2D eigenvalue weighted by Gasteiger charge is -2.11. The number of benzene rings is 2. The summed E-state index contributed by atoms with van der Waals surface area (Å²) in [4.78, 5) is 39.0. The third-order valence-electron chi connectivity index (χ3n) is 5.28. The number of thiophene rings is 1. The summed E-state index contributed by atoms with van der Waals surface area (Å²) in [5.74, 6) is -0.575. The summed E-state index contributed by atoms with van der Waals surface area (Å²) in [5, 5.41) is 9.44. The molecule has 1 amide bonds. The van der Waals surface area contributed by atoms with Crippen LogP contribution in [-0.2, 0) is 11.3 Å². The number of anilines is 1. The molecule has 0 atom stereocenters. The number of aromatic nitrogens is 2. The first-order chi connectivity index (χ1) is 16.5. The van der Waals surface area contributed by atoms with E-state index in [-0.39, 0.29) is 22.9 Å². The molecule has 174 valence electrons. The average molecular weight is 478 g/mol. The number of ether oxygens (including phenoxy) is 2. The van der Waals surface area contributed by atoms with E-state index in [4.69, 9.17) is 9.47 Å². The first kappa shape index (κ1) is 23.2. The van der Waals surface area contributed by atoms with Crippen LogP contribution in [-0.4, -0.2) is 35.4 Å². The molecule has 8 nitrogen and oxygen atoms in total. The number of fused-ring (bicyclic) bond motifs is 1. The second-order valence-corrected chi connectivity index (χ2v) is 8.15. The van der Waals surface area contributed by atoms with Crippen molar-refractivity contribution in [3.05, 3.63) is 75.4 Å². The molecule has 2 heterocycles. The summed E-state index contributed by atoms with van der Waals surface area (Å²) in [5.41, 5.74) is 1.53. The second kappa shape index (κ2) is 9.88. The van der Waals surface area contributed by atoms with E-state index in [0.29, 0.717) is 28.8 Å². The number of aryl methyl sites for hydroxylation is 1. The smallest absolute Gasteiger partial charge is 0.341 e. The Bertz CT molecular complexity index is 1420. The van der Waals surface area contributed by atoms with Gasteiger partial charge in [0.1, 0.15) is 16.3 Å². The van der Waals surface area contributed by atoms with Gasteiger partial charge in [0, 0.05) is 22.9 Å². The topological polar surface area (TPSA) is 99.5 Å². The highest BCUT2D eigenvalue weighted by Gasteiger charge is 2.25. The average Bonchev–Trinajstić information content (AvgIpc) is 3.28. The van der Waals surface area contributed by atoms with Crippen molar-refractivity contribution in [1.82, 2.24) is 9.78 Å². The van der Waals surface area contributed by atoms with Crippen LogP contribution in [0.5, 0.6) is 5.75 Å². The Morgan fingerprint density at radius 2 is 1.82 bits per heavy atom. The van der Waals surface area contributed by atoms with Crippen LogP contribution in [0.4, 0.5) is 5.00 Å². The molecule has 0 bridgehead atoms. The fourth-order valence-electron chi connectivity index (χ4n) is 3.63. The van der Waals surface area contributed by atoms with Gasteiger partial charge in [-0.2, -0.15) is 5.10 Å². The number of amides is 1. The van der Waals surface area contributed by atoms with Gasteiger partial charge in [-0.25, -0.2) is 4.79 Å². The molecule has 0 saturated carbocycles. The fourth-order valence-corrected chi connectivity index (χ4v) is 4.58. The van der Waals surface area contributed by atoms with Gasteiger partial charge in [-0.15, -0.1) is 11.3 Å². The van der Waals surface area contributed by atoms with Crippen molar-refractivity contribution in [2.75, 3.05) is 19.0 Å². The zero-order valence-electron chi connectivity index (χ0n) is 19.0. The molecule has 0 aliphatic carbocycles. The van der Waals surface area contributed by atoms with Gasteiger partial charge in [-0.05, 0) is 43.7 Å². The predicted octanol–water partition coefficient (Wildman–Crippen LogP) is 4.58. The van der Waals surface area contributed by atoms with Gasteiger partial charge in [0.25, 0.3) is 5.91 Å². The Labute approximate surface area is 199 Å². The molecule has 0 saturated heterocycles. The lowest BCUT2D eigenvalue weighted by Crippen LogP contribution is -2.27. The van der Waals surface area contributed by atoms with Crippen molar-refractivity contribution in [2.45, 2.75) is 20.4 Å². The second-order valence-electron chi connectivity index (χ2n) is 7.27. The maximum Gasteiger partial charge on any atom is 0.341 e. The predicted molar refractivity (Wildman–Crippen MR) is 132 cm³/mol. The third kappa shape index (κ3) is 4.29. The van der Waals surface area contributed by atoms with Crippen LogP contribution in [0, 0.1) is 0 Å². The van der Waals surface area contributed by atoms with Gasteiger partial charge in [0.15, 0.2) is 5.69 Å². The molecule has 4 aromatic rings. The minimum atomic E-state index is -0.688. The van der Waals surface area contributed by atoms with Crippen LogP contribution in [0.3, 0.4) is 0 Å². The maximum absolute atomic E-state index is 13.2. The Morgan fingerprint density at radius 1 is 1.09 bits per heavy atom. The normalized spacial score (nSPS) is 10.8. The lowest BCUT2D eigenvalue weighted by atomic mass is 10.0. The number of nitrogens with one attached hydrogen (secondary N) is 1. The molecule has 0 unspecified atom stereocenters. The van der Waals surface area contributed by atoms with Crippen LogP contribution in [0.1, 0.15) is 34.7 Å². The van der Waals surface area contributed by atoms with Gasteiger partial charge in [-0.1, -0.05) is 24.3 Å². The maximum atomic E-state index is 13.2. The van der Waals surface area contributed by atoms with E-state index in [1.807, 2.05) is 25.1 Å². The molecule has 1 N–H and O–H groups in total. The number of esters is 1. The summed E-state index contributed by atoms with van der Waals surface area (Å²) >= 11 is 1.18. The summed E-state index contributed by atoms with van der Waals surface area (Å²) in [6.45, 7) is 4.25. The minimum Gasteiger partial charge on any atom is -0.497 e. The summed E-state index contributed by atoms with van der Waals surface area (Å²) in [6.07, 6.45) is 0. The van der Waals surface area contributed by atoms with Crippen LogP contribution < -0.4 is 15.5 Å². The highest BCUT2D eigenvalue weighted by Crippen LogP contribution is 2.37. The molecule has 0 fully saturated rings. The number of para-hydroxylation sites is 1. The summed E-state index contributed by atoms with van der Waals surface area (Å²) < 4.78 is 12.1. The van der Waals surface area contributed by atoms with Crippen LogP contribution in [0.25, 0.3) is 22.0 Å². The highest BCUT2D eigenvalue weighted by atomic mass is 32.1. The minimum absolute atomic E-state index is 0.178. The molecule has 9 heteroatoms. The number of hydrogen-bond donors (Lipinski definition) is 1. The first-order valence-electron chi connectivity index (χ1n) is 10.7. The van der Waals surface area contributed by atoms with Crippen molar-refractivity contribution >= 4 is 39.1 Å². The number of hydrogen-bond acceptors (Lipinski definition) is 7. The van der Waals surface area contributed by atoms with Crippen molar-refractivity contribution in [3.8, 4) is 16.9 Å². The fraction of sp³-hybridized carbons (Fsp3) is 0.200. The van der Waals surface area contributed by atoms with Gasteiger partial charge >= 0.3 is 5.97 Å². The van der Waals surface area contributed by atoms with E-state index in [2.05, 4.69) is 10.4 Å². The SMILES string of the molecule is CCOC(=O)c1c(-c2ccc(OC)cc2)csc1NC(=O)c1nn(CC)c2ccccc2c1=O. The van der Waals surface area contributed by atoms with Crippen LogP contribution in [0.2, 0.25) is 0 Å². The summed E-state index contributed by atoms with van der Waals surface area (Å²) in [7, 11) is 1.57. The molecule has 0 radical (unpaired) electrons. The van der Waals surface area contributed by atoms with E-state index >= 15 is 0 Å². The van der Waals surface area contributed by atoms with E-state index < -0.39 is 17.3 Å². The van der Waals surface area contributed by atoms with Crippen molar-refractivity contribution in [3.63, 3.8) is 0 Å². The number of rotatable bonds is 7. The van der Waals surface area contributed by atoms with Crippen molar-refractivity contribution in [2.24, 2.45) is 0 Å². The third-order valence-corrected chi connectivity index (χ3v) is 6.17. The standard InChI is InChI=1S/C25H23N3O5S/c1-4-28-19-9-7-6-8-17(19)22(29)21(27-28)23(30)26-24-20(25(31)33-5-2)18(14-34-24)15-10-12-16(32-3)13-11-15/h6-14H,4-5H2,1-3H3,(H,26,30). The van der Waals surface area contributed by atoms with Crippen molar-refractivity contribution in [1.29, 1.82) is 0 Å². The molecule has 2 aromatic heterocycles. The number of methoxy groups -OCH3 is 1. The zero-order chi connectivity index (χ0) is 24.2. The molecular formula is C25H23N3O5S. The Kier molecular flexibility index (Phi) is 6.74. The molecule has 0 spiro atoms. The highest BCUT2D eigenvalue weighted by molar-refractivity contribution is 7.15. The van der Waals surface area contributed by atoms with Crippen LogP contribution in [0.15, 0.2) is 58.7 Å². The van der Waals surface area contributed by atoms with Gasteiger partial charge in [0.2, 0.25) is 5.43 Å². The van der Waals surface area contributed by atoms with E-state index in [1.165, 1.54) is 11.3 Å². The zero-order valence-corrected chi connectivity index (χ0v) is 19.8. The van der Waals surface area contributed by atoms with E-state index in [0.717, 1.165) is 5.56 Å². The van der Waals surface area contributed by atoms with Crippen molar-refractivity contribution < 1.29 is 19.1 Å². The van der Waals surface area contributed by atoms with Gasteiger partial charge < -0.3 is 14.8 Å². The molecule has 2 aromatic carbocycles. The number of nitrogens with zero attached hydrogens (tertiary/aromatic N) is 2. The summed E-state index contributed by atoms with van der Waals surface area (Å²) in [6, 6.07) is 14.2. The Balaban J connectivity index is 1.76. The number of carbonyl (C=O) groups is 2. The van der Waals surface area contributed by atoms with E-state index in [9.17, 15) is 14.4 Å². The number of carbonyl (C=O) groups excluding carboxylic acids is 2. The van der Waals surface area contributed by atoms with E-state index in [1.54, 1.807) is 54.4 Å². The van der Waals surface area contributed by atoms with Gasteiger partial charge in [0.05, 0.1) is 19.2 Å². The van der Waals surface area contributed by atoms with Gasteiger partial charge in [-0.3, -0.25) is 14.3 Å². The molecular weight excluding hydrogens is 454 g/mol. The first-order valence-corrected chi connectivity index (χ1v) is 11.6. The van der Waals surface area contributed by atoms with Crippen LogP contribution >= 0.6 is 11.3 Å². The quantitative estimate of drug-likeness (QED) is 0.391. The Hall–Kier alpha value is -3.98. The Morgan fingerprint density at radius 3 is 2.50 bits per heavy atom. The molecule has 0 aliphatic rings. The molecule has 34 heavy (non-hydrogen) atoms. The largest absolute Gasteiger partial charge is 0.497 e.